The Bertz CT molecular complexity index is 385. The van der Waals surface area contributed by atoms with Gasteiger partial charge in [0.2, 0.25) is 0 Å². The third-order valence-electron chi connectivity index (χ3n) is 2.45. The van der Waals surface area contributed by atoms with Crippen LogP contribution in [0, 0.1) is 11.7 Å². The average Bonchev–Trinajstić information content (AvgIpc) is 2.14. The summed E-state index contributed by atoms with van der Waals surface area (Å²) in [5, 5.41) is 0. The van der Waals surface area contributed by atoms with Crippen LogP contribution in [0.15, 0.2) is 18.2 Å². The molecule has 17 heavy (non-hydrogen) atoms. The maximum Gasteiger partial charge on any atom is 0.416 e. The van der Waals surface area contributed by atoms with Gasteiger partial charge in [-0.1, -0.05) is 19.9 Å². The minimum Gasteiger partial charge on any atom is -0.324 e. The number of benzene rings is 1. The molecule has 1 rings (SSSR count). The Kier molecular flexibility index (Phi) is 4.14. The Morgan fingerprint density at radius 3 is 2.29 bits per heavy atom. The summed E-state index contributed by atoms with van der Waals surface area (Å²) in [6, 6.07) is 1.97. The predicted molar refractivity (Wildman–Crippen MR) is 57.8 cm³/mol. The number of alkyl halides is 3. The molecule has 0 aliphatic heterocycles. The molecule has 1 aromatic rings. The highest BCUT2D eigenvalue weighted by Crippen LogP contribution is 2.36. The quantitative estimate of drug-likeness (QED) is 0.808. The first kappa shape index (κ1) is 14.0. The molecule has 0 saturated heterocycles. The lowest BCUT2D eigenvalue weighted by molar-refractivity contribution is -0.138. The fourth-order valence-electron chi connectivity index (χ4n) is 1.79. The summed E-state index contributed by atoms with van der Waals surface area (Å²) in [4.78, 5) is 0. The van der Waals surface area contributed by atoms with Gasteiger partial charge in [-0.05, 0) is 24.5 Å². The monoisotopic (exact) mass is 249 g/mol. The lowest BCUT2D eigenvalue weighted by Crippen LogP contribution is -2.20. The van der Waals surface area contributed by atoms with Gasteiger partial charge >= 0.3 is 6.18 Å². The number of nitrogens with two attached hydrogens (primary N) is 1. The van der Waals surface area contributed by atoms with Crippen molar-refractivity contribution < 1.29 is 17.6 Å². The molecular formula is C12H15F4N. The van der Waals surface area contributed by atoms with E-state index in [4.69, 9.17) is 5.73 Å². The summed E-state index contributed by atoms with van der Waals surface area (Å²) in [7, 11) is 0. The van der Waals surface area contributed by atoms with Crippen LogP contribution in [0.25, 0.3) is 0 Å². The Morgan fingerprint density at radius 2 is 1.82 bits per heavy atom. The van der Waals surface area contributed by atoms with Gasteiger partial charge < -0.3 is 5.73 Å². The number of halogens is 4. The maximum atomic E-state index is 13.5. The van der Waals surface area contributed by atoms with Crippen LogP contribution in [-0.2, 0) is 6.18 Å². The van der Waals surface area contributed by atoms with Crippen molar-refractivity contribution in [2.75, 3.05) is 0 Å². The minimum absolute atomic E-state index is 0.102. The van der Waals surface area contributed by atoms with E-state index in [1.165, 1.54) is 0 Å². The van der Waals surface area contributed by atoms with Crippen LogP contribution < -0.4 is 5.73 Å². The number of hydrogen-bond donors (Lipinski definition) is 1. The van der Waals surface area contributed by atoms with Gasteiger partial charge in [0.05, 0.1) is 5.56 Å². The predicted octanol–water partition coefficient (Wildman–Crippen LogP) is 3.89. The first-order chi connectivity index (χ1) is 7.73. The molecule has 0 aliphatic rings. The van der Waals surface area contributed by atoms with Gasteiger partial charge in [0, 0.05) is 11.6 Å². The van der Waals surface area contributed by atoms with Crippen LogP contribution in [0.4, 0.5) is 17.6 Å². The second-order valence-corrected chi connectivity index (χ2v) is 4.43. The molecule has 0 radical (unpaired) electrons. The second-order valence-electron chi connectivity index (χ2n) is 4.43. The van der Waals surface area contributed by atoms with Gasteiger partial charge in [-0.15, -0.1) is 0 Å². The topological polar surface area (TPSA) is 26.0 Å². The Labute approximate surface area is 97.6 Å². The highest BCUT2D eigenvalue weighted by molar-refractivity contribution is 5.33. The molecule has 1 aromatic carbocycles. The van der Waals surface area contributed by atoms with Crippen molar-refractivity contribution in [3.05, 3.63) is 35.1 Å². The number of hydrogen-bond acceptors (Lipinski definition) is 1. The summed E-state index contributed by atoms with van der Waals surface area (Å²) >= 11 is 0. The number of rotatable bonds is 3. The average molecular weight is 249 g/mol. The van der Waals surface area contributed by atoms with Crippen molar-refractivity contribution in [3.8, 4) is 0 Å². The SMILES string of the molecule is CC(C)C[C@H](N)c1c(F)cccc1C(F)(F)F. The van der Waals surface area contributed by atoms with Crippen molar-refractivity contribution in [2.45, 2.75) is 32.5 Å². The van der Waals surface area contributed by atoms with Crippen LogP contribution in [0.3, 0.4) is 0 Å². The van der Waals surface area contributed by atoms with Crippen molar-refractivity contribution in [1.29, 1.82) is 0 Å². The van der Waals surface area contributed by atoms with E-state index >= 15 is 0 Å². The third-order valence-corrected chi connectivity index (χ3v) is 2.45. The molecule has 0 amide bonds. The van der Waals surface area contributed by atoms with Crippen LogP contribution >= 0.6 is 0 Å². The summed E-state index contributed by atoms with van der Waals surface area (Å²) in [5.41, 5.74) is 4.24. The van der Waals surface area contributed by atoms with Crippen molar-refractivity contribution >= 4 is 0 Å². The van der Waals surface area contributed by atoms with Gasteiger partial charge in [-0.25, -0.2) is 4.39 Å². The van der Waals surface area contributed by atoms with Crippen molar-refractivity contribution in [1.82, 2.24) is 0 Å². The van der Waals surface area contributed by atoms with E-state index in [1.807, 2.05) is 13.8 Å². The molecule has 0 aliphatic carbocycles. The zero-order chi connectivity index (χ0) is 13.2. The third kappa shape index (κ3) is 3.43. The van der Waals surface area contributed by atoms with Gasteiger partial charge in [-0.3, -0.25) is 0 Å². The van der Waals surface area contributed by atoms with Gasteiger partial charge in [0.1, 0.15) is 5.82 Å². The lowest BCUT2D eigenvalue weighted by Gasteiger charge is -2.20. The van der Waals surface area contributed by atoms with E-state index < -0.39 is 29.2 Å². The smallest absolute Gasteiger partial charge is 0.324 e. The van der Waals surface area contributed by atoms with Crippen LogP contribution in [0.5, 0.6) is 0 Å². The van der Waals surface area contributed by atoms with E-state index in [9.17, 15) is 17.6 Å². The van der Waals surface area contributed by atoms with E-state index in [0.29, 0.717) is 6.42 Å². The summed E-state index contributed by atoms with van der Waals surface area (Å²) in [6.07, 6.45) is -4.27. The van der Waals surface area contributed by atoms with Gasteiger partial charge in [0.15, 0.2) is 0 Å². The van der Waals surface area contributed by atoms with Crippen molar-refractivity contribution in [2.24, 2.45) is 11.7 Å². The highest BCUT2D eigenvalue weighted by Gasteiger charge is 2.36. The Balaban J connectivity index is 3.21. The molecule has 0 aromatic heterocycles. The first-order valence-corrected chi connectivity index (χ1v) is 5.34. The van der Waals surface area contributed by atoms with E-state index in [2.05, 4.69) is 0 Å². The molecule has 1 atom stereocenters. The molecule has 0 fully saturated rings. The van der Waals surface area contributed by atoms with Crippen LogP contribution in [-0.4, -0.2) is 0 Å². The molecule has 5 heteroatoms. The van der Waals surface area contributed by atoms with Crippen LogP contribution in [0.1, 0.15) is 37.4 Å². The Hall–Kier alpha value is -1.10. The zero-order valence-electron chi connectivity index (χ0n) is 9.68. The largest absolute Gasteiger partial charge is 0.416 e. The van der Waals surface area contributed by atoms with E-state index in [0.717, 1.165) is 18.2 Å². The zero-order valence-corrected chi connectivity index (χ0v) is 9.68. The first-order valence-electron chi connectivity index (χ1n) is 5.34. The van der Waals surface area contributed by atoms with Gasteiger partial charge in [0.25, 0.3) is 0 Å². The van der Waals surface area contributed by atoms with Crippen molar-refractivity contribution in [3.63, 3.8) is 0 Å². The summed E-state index contributed by atoms with van der Waals surface area (Å²) < 4.78 is 51.6. The summed E-state index contributed by atoms with van der Waals surface area (Å²) in [5.74, 6) is -0.793. The molecular weight excluding hydrogens is 234 g/mol. The van der Waals surface area contributed by atoms with Gasteiger partial charge in [-0.2, -0.15) is 13.2 Å². The Morgan fingerprint density at radius 1 is 1.24 bits per heavy atom. The standard InChI is InChI=1S/C12H15F4N/c1-7(2)6-10(17)11-8(12(14,15)16)4-3-5-9(11)13/h3-5,7,10H,6,17H2,1-2H3/t10-/m0/s1. The highest BCUT2D eigenvalue weighted by atomic mass is 19.4. The normalized spacial score (nSPS) is 14.1. The fraction of sp³-hybridized carbons (Fsp3) is 0.500. The molecule has 0 saturated carbocycles. The molecule has 0 unspecified atom stereocenters. The lowest BCUT2D eigenvalue weighted by atomic mass is 9.93. The molecule has 0 spiro atoms. The fourth-order valence-corrected chi connectivity index (χ4v) is 1.79. The maximum absolute atomic E-state index is 13.5. The van der Waals surface area contributed by atoms with E-state index in [1.54, 1.807) is 0 Å². The minimum atomic E-state index is -4.58. The molecule has 1 nitrogen and oxygen atoms in total. The molecule has 2 N–H and O–H groups in total. The molecule has 96 valence electrons. The molecule has 0 heterocycles. The van der Waals surface area contributed by atoms with E-state index in [-0.39, 0.29) is 5.92 Å². The van der Waals surface area contributed by atoms with Crippen LogP contribution in [0.2, 0.25) is 0 Å². The second kappa shape index (κ2) is 5.04. The summed E-state index contributed by atoms with van der Waals surface area (Å²) in [6.45, 7) is 3.65. The molecule has 0 bridgehead atoms.